The van der Waals surface area contributed by atoms with Crippen molar-refractivity contribution in [3.63, 3.8) is 0 Å². The SMILES string of the molecule is CCN(CC)C(=O)[C@@H]1C[C@@H](NC(=O)CCC2(C)CC2)CN1Cc1cnc[nH]1. The van der Waals surface area contributed by atoms with Gasteiger partial charge in [0.15, 0.2) is 0 Å². The molecule has 150 valence electrons. The monoisotopic (exact) mass is 375 g/mol. The van der Waals surface area contributed by atoms with Crippen LogP contribution in [0.15, 0.2) is 12.5 Å². The first-order valence-electron chi connectivity index (χ1n) is 10.2. The molecule has 2 fully saturated rings. The molecule has 2 N–H and O–H groups in total. The van der Waals surface area contributed by atoms with Crippen LogP contribution < -0.4 is 5.32 Å². The Hall–Kier alpha value is -1.89. The molecule has 2 amide bonds. The van der Waals surface area contributed by atoms with Crippen molar-refractivity contribution in [2.75, 3.05) is 19.6 Å². The fourth-order valence-electron chi connectivity index (χ4n) is 3.95. The molecule has 1 aliphatic heterocycles. The summed E-state index contributed by atoms with van der Waals surface area (Å²) in [6, 6.07) is -0.170. The largest absolute Gasteiger partial charge is 0.352 e. The Labute approximate surface area is 161 Å². The molecule has 2 atom stereocenters. The molecule has 0 unspecified atom stereocenters. The molecule has 0 aromatic carbocycles. The summed E-state index contributed by atoms with van der Waals surface area (Å²) in [6.07, 6.45) is 8.15. The summed E-state index contributed by atoms with van der Waals surface area (Å²) in [5, 5.41) is 3.17. The highest BCUT2D eigenvalue weighted by Gasteiger charge is 2.40. The number of carbonyl (C=O) groups excluding carboxylic acids is 2. The topological polar surface area (TPSA) is 81.3 Å². The van der Waals surface area contributed by atoms with E-state index in [9.17, 15) is 9.59 Å². The number of likely N-dealkylation sites (N-methyl/N-ethyl adjacent to an activating group) is 1. The number of hydrogen-bond donors (Lipinski definition) is 2. The molecule has 0 spiro atoms. The summed E-state index contributed by atoms with van der Waals surface area (Å²) in [7, 11) is 0. The van der Waals surface area contributed by atoms with E-state index in [0.717, 1.165) is 12.1 Å². The van der Waals surface area contributed by atoms with Crippen molar-refractivity contribution in [2.24, 2.45) is 5.41 Å². The number of likely N-dealkylation sites (tertiary alicyclic amines) is 1. The second kappa shape index (κ2) is 8.42. The van der Waals surface area contributed by atoms with Gasteiger partial charge in [-0.05, 0) is 44.9 Å². The number of aromatic amines is 1. The molecule has 27 heavy (non-hydrogen) atoms. The standard InChI is InChI=1S/C20H33N5O2/c1-4-24(5-2)19(27)17-10-15(12-25(17)13-16-11-21-14-22-16)23-18(26)6-7-20(3)8-9-20/h11,14-15,17H,4-10,12-13H2,1-3H3,(H,21,22)(H,23,26)/t15-,17+/m1/s1. The number of amides is 2. The summed E-state index contributed by atoms with van der Waals surface area (Å²) in [5.74, 6) is 0.271. The zero-order valence-corrected chi connectivity index (χ0v) is 16.8. The molecule has 2 aliphatic rings. The molecule has 7 nitrogen and oxygen atoms in total. The zero-order chi connectivity index (χ0) is 19.4. The molecule has 3 rings (SSSR count). The molecule has 0 bridgehead atoms. The second-order valence-electron chi connectivity index (χ2n) is 8.34. The molecule has 7 heteroatoms. The quantitative estimate of drug-likeness (QED) is 0.691. The lowest BCUT2D eigenvalue weighted by molar-refractivity contribution is -0.135. The van der Waals surface area contributed by atoms with Crippen molar-refractivity contribution >= 4 is 11.8 Å². The summed E-state index contributed by atoms with van der Waals surface area (Å²) in [6.45, 7) is 9.02. The number of H-pyrrole nitrogens is 1. The average molecular weight is 376 g/mol. The third-order valence-corrected chi connectivity index (χ3v) is 6.12. The van der Waals surface area contributed by atoms with Gasteiger partial charge in [-0.3, -0.25) is 14.5 Å². The Morgan fingerprint density at radius 3 is 2.70 bits per heavy atom. The van der Waals surface area contributed by atoms with Crippen LogP contribution in [0.1, 0.15) is 58.6 Å². The van der Waals surface area contributed by atoms with Crippen LogP contribution in [0.3, 0.4) is 0 Å². The van der Waals surface area contributed by atoms with Gasteiger partial charge in [-0.15, -0.1) is 0 Å². The minimum absolute atomic E-state index is 0.0249. The van der Waals surface area contributed by atoms with Crippen LogP contribution in [0.5, 0.6) is 0 Å². The predicted octanol–water partition coefficient (Wildman–Crippen LogP) is 1.92. The minimum atomic E-state index is -0.195. The number of imidazole rings is 1. The molecular formula is C20H33N5O2. The number of nitrogens with zero attached hydrogens (tertiary/aromatic N) is 3. The van der Waals surface area contributed by atoms with E-state index in [0.29, 0.717) is 44.4 Å². The smallest absolute Gasteiger partial charge is 0.240 e. The summed E-state index contributed by atoms with van der Waals surface area (Å²) in [5.41, 5.74) is 1.38. The molecule has 1 saturated heterocycles. The van der Waals surface area contributed by atoms with Gasteiger partial charge in [0.05, 0.1) is 12.4 Å². The van der Waals surface area contributed by atoms with E-state index in [2.05, 4.69) is 27.1 Å². The van der Waals surface area contributed by atoms with Crippen LogP contribution in [-0.2, 0) is 16.1 Å². The molecule has 2 heterocycles. The van der Waals surface area contributed by atoms with Crippen molar-refractivity contribution in [1.29, 1.82) is 0 Å². The van der Waals surface area contributed by atoms with E-state index in [-0.39, 0.29) is 23.9 Å². The fraction of sp³-hybridized carbons (Fsp3) is 0.750. The first-order chi connectivity index (χ1) is 12.9. The normalized spacial score (nSPS) is 24.0. The summed E-state index contributed by atoms with van der Waals surface area (Å²) in [4.78, 5) is 36.6. The van der Waals surface area contributed by atoms with E-state index in [4.69, 9.17) is 0 Å². The van der Waals surface area contributed by atoms with Gasteiger partial charge in [-0.25, -0.2) is 4.98 Å². The van der Waals surface area contributed by atoms with Crippen molar-refractivity contribution < 1.29 is 9.59 Å². The van der Waals surface area contributed by atoms with E-state index >= 15 is 0 Å². The highest BCUT2D eigenvalue weighted by molar-refractivity contribution is 5.83. The Balaban J connectivity index is 1.61. The fourth-order valence-corrected chi connectivity index (χ4v) is 3.95. The number of rotatable bonds is 9. The lowest BCUT2D eigenvalue weighted by Gasteiger charge is -2.28. The maximum Gasteiger partial charge on any atom is 0.240 e. The lowest BCUT2D eigenvalue weighted by Crippen LogP contribution is -2.45. The van der Waals surface area contributed by atoms with Gasteiger partial charge in [-0.1, -0.05) is 6.92 Å². The highest BCUT2D eigenvalue weighted by atomic mass is 16.2. The van der Waals surface area contributed by atoms with Crippen molar-refractivity contribution in [3.8, 4) is 0 Å². The first kappa shape index (κ1) is 19.9. The van der Waals surface area contributed by atoms with E-state index in [1.807, 2.05) is 18.7 Å². The van der Waals surface area contributed by atoms with Crippen LogP contribution >= 0.6 is 0 Å². The molecule has 1 aromatic rings. The van der Waals surface area contributed by atoms with Crippen molar-refractivity contribution in [2.45, 2.75) is 71.5 Å². The molecule has 0 radical (unpaired) electrons. The van der Waals surface area contributed by atoms with Gasteiger partial charge in [-0.2, -0.15) is 0 Å². The van der Waals surface area contributed by atoms with Crippen LogP contribution in [0, 0.1) is 5.41 Å². The molecular weight excluding hydrogens is 342 g/mol. The molecule has 1 saturated carbocycles. The molecule has 1 aromatic heterocycles. The van der Waals surface area contributed by atoms with Gasteiger partial charge >= 0.3 is 0 Å². The summed E-state index contributed by atoms with van der Waals surface area (Å²) >= 11 is 0. The highest BCUT2D eigenvalue weighted by Crippen LogP contribution is 2.48. The van der Waals surface area contributed by atoms with Gasteiger partial charge in [0.25, 0.3) is 0 Å². The minimum Gasteiger partial charge on any atom is -0.352 e. The third-order valence-electron chi connectivity index (χ3n) is 6.12. The van der Waals surface area contributed by atoms with Crippen LogP contribution in [0.4, 0.5) is 0 Å². The van der Waals surface area contributed by atoms with Crippen molar-refractivity contribution in [1.82, 2.24) is 25.1 Å². The van der Waals surface area contributed by atoms with E-state index < -0.39 is 0 Å². The zero-order valence-electron chi connectivity index (χ0n) is 16.8. The Morgan fingerprint density at radius 2 is 2.11 bits per heavy atom. The van der Waals surface area contributed by atoms with Gasteiger partial charge in [0, 0.05) is 50.5 Å². The van der Waals surface area contributed by atoms with Crippen LogP contribution in [0.25, 0.3) is 0 Å². The Morgan fingerprint density at radius 1 is 1.37 bits per heavy atom. The third kappa shape index (κ3) is 5.09. The Kier molecular flexibility index (Phi) is 6.19. The van der Waals surface area contributed by atoms with Crippen molar-refractivity contribution in [3.05, 3.63) is 18.2 Å². The lowest BCUT2D eigenvalue weighted by atomic mass is 10.0. The maximum absolute atomic E-state index is 13.0. The number of nitrogens with one attached hydrogen (secondary N) is 2. The number of aromatic nitrogens is 2. The van der Waals surface area contributed by atoms with Gasteiger partial charge in [0.2, 0.25) is 11.8 Å². The maximum atomic E-state index is 13.0. The number of carbonyl (C=O) groups is 2. The number of hydrogen-bond acceptors (Lipinski definition) is 4. The second-order valence-corrected chi connectivity index (χ2v) is 8.34. The van der Waals surface area contributed by atoms with Crippen LogP contribution in [-0.4, -0.2) is 63.3 Å². The van der Waals surface area contributed by atoms with Crippen LogP contribution in [0.2, 0.25) is 0 Å². The van der Waals surface area contributed by atoms with E-state index in [1.54, 1.807) is 12.5 Å². The predicted molar refractivity (Wildman–Crippen MR) is 104 cm³/mol. The van der Waals surface area contributed by atoms with Gasteiger partial charge in [0.1, 0.15) is 0 Å². The average Bonchev–Trinajstić information content (AvgIpc) is 3.02. The summed E-state index contributed by atoms with van der Waals surface area (Å²) < 4.78 is 0. The van der Waals surface area contributed by atoms with Gasteiger partial charge < -0.3 is 15.2 Å². The Bertz CT molecular complexity index is 637. The van der Waals surface area contributed by atoms with E-state index in [1.165, 1.54) is 12.8 Å². The molecule has 1 aliphatic carbocycles. The first-order valence-corrected chi connectivity index (χ1v) is 10.2.